The number of pyridine rings is 1. The van der Waals surface area contributed by atoms with Crippen molar-refractivity contribution in [1.82, 2.24) is 9.88 Å². The molecule has 1 saturated heterocycles. The van der Waals surface area contributed by atoms with Crippen molar-refractivity contribution in [2.75, 3.05) is 37.6 Å². The maximum atomic E-state index is 4.49. The third kappa shape index (κ3) is 5.85. The quantitative estimate of drug-likeness (QED) is 0.499. The third-order valence-corrected chi connectivity index (χ3v) is 7.41. The summed E-state index contributed by atoms with van der Waals surface area (Å²) in [6.45, 7) is 8.14. The molecular formula is C27H39N3. The Morgan fingerprint density at radius 2 is 1.60 bits per heavy atom. The molecule has 4 rings (SSSR count). The molecule has 0 amide bonds. The van der Waals surface area contributed by atoms with Gasteiger partial charge in [-0.25, -0.2) is 4.98 Å². The van der Waals surface area contributed by atoms with E-state index in [1.54, 1.807) is 5.56 Å². The lowest BCUT2D eigenvalue weighted by molar-refractivity contribution is 0.248. The van der Waals surface area contributed by atoms with Gasteiger partial charge in [-0.05, 0) is 80.7 Å². The van der Waals surface area contributed by atoms with Crippen LogP contribution in [0.1, 0.15) is 68.4 Å². The van der Waals surface area contributed by atoms with Crippen LogP contribution in [0.4, 0.5) is 5.82 Å². The second-order valence-electron chi connectivity index (χ2n) is 9.44. The summed E-state index contributed by atoms with van der Waals surface area (Å²) in [5.74, 6) is 2.92. The fourth-order valence-electron chi connectivity index (χ4n) is 5.49. The Labute approximate surface area is 183 Å². The first-order chi connectivity index (χ1) is 14.8. The van der Waals surface area contributed by atoms with E-state index in [-0.39, 0.29) is 0 Å². The number of aryl methyl sites for hydroxylation is 1. The minimum absolute atomic E-state index is 0.812. The molecular weight excluding hydrogens is 366 g/mol. The summed E-state index contributed by atoms with van der Waals surface area (Å²) < 4.78 is 0. The van der Waals surface area contributed by atoms with Gasteiger partial charge in [0.15, 0.2) is 0 Å². The molecule has 2 aliphatic rings. The van der Waals surface area contributed by atoms with E-state index in [0.717, 1.165) is 30.7 Å². The van der Waals surface area contributed by atoms with Crippen LogP contribution in [-0.2, 0) is 0 Å². The van der Waals surface area contributed by atoms with Crippen LogP contribution in [0.3, 0.4) is 0 Å². The number of rotatable bonds is 8. The van der Waals surface area contributed by atoms with Crippen molar-refractivity contribution in [1.29, 1.82) is 0 Å². The Morgan fingerprint density at radius 1 is 0.833 bits per heavy atom. The van der Waals surface area contributed by atoms with Crippen LogP contribution in [0.25, 0.3) is 0 Å². The molecule has 1 aliphatic carbocycles. The molecule has 30 heavy (non-hydrogen) atoms. The number of benzene rings is 1. The number of aromatic nitrogens is 1. The smallest absolute Gasteiger partial charge is 0.128 e. The molecule has 2 aromatic rings. The number of hydrogen-bond acceptors (Lipinski definition) is 3. The van der Waals surface area contributed by atoms with Gasteiger partial charge < -0.3 is 4.90 Å². The summed E-state index contributed by atoms with van der Waals surface area (Å²) in [7, 11) is 0. The Hall–Kier alpha value is -1.87. The molecule has 1 aromatic heterocycles. The van der Waals surface area contributed by atoms with E-state index in [1.807, 2.05) is 12.3 Å². The fourth-order valence-corrected chi connectivity index (χ4v) is 5.49. The van der Waals surface area contributed by atoms with Crippen LogP contribution in [0.15, 0.2) is 48.7 Å². The highest BCUT2D eigenvalue weighted by atomic mass is 15.3. The lowest BCUT2D eigenvalue weighted by Crippen LogP contribution is -2.46. The molecule has 3 nitrogen and oxygen atoms in total. The number of unbranched alkanes of at least 4 members (excludes halogenated alkanes) is 2. The molecule has 0 N–H and O–H groups in total. The summed E-state index contributed by atoms with van der Waals surface area (Å²) >= 11 is 0. The first-order valence-electron chi connectivity index (χ1n) is 12.2. The van der Waals surface area contributed by atoms with Gasteiger partial charge in [-0.1, -0.05) is 49.6 Å². The monoisotopic (exact) mass is 405 g/mol. The zero-order valence-corrected chi connectivity index (χ0v) is 18.8. The summed E-state index contributed by atoms with van der Waals surface area (Å²) in [5.41, 5.74) is 3.10. The second kappa shape index (κ2) is 10.9. The van der Waals surface area contributed by atoms with Crippen LogP contribution in [-0.4, -0.2) is 42.6 Å². The lowest BCUT2D eigenvalue weighted by Gasteiger charge is -2.35. The first-order valence-corrected chi connectivity index (χ1v) is 12.2. The van der Waals surface area contributed by atoms with Crippen LogP contribution in [0, 0.1) is 12.8 Å². The number of nitrogens with zero attached hydrogens (tertiary/aromatic N) is 3. The van der Waals surface area contributed by atoms with Crippen LogP contribution in [0.5, 0.6) is 0 Å². The van der Waals surface area contributed by atoms with Crippen LogP contribution < -0.4 is 4.90 Å². The van der Waals surface area contributed by atoms with Crippen molar-refractivity contribution >= 4 is 5.82 Å². The largest absolute Gasteiger partial charge is 0.354 e. The minimum atomic E-state index is 0.812. The van der Waals surface area contributed by atoms with Gasteiger partial charge in [-0.2, -0.15) is 0 Å². The van der Waals surface area contributed by atoms with E-state index in [4.69, 9.17) is 0 Å². The highest BCUT2D eigenvalue weighted by Gasteiger charge is 2.23. The van der Waals surface area contributed by atoms with Gasteiger partial charge in [0.2, 0.25) is 0 Å². The van der Waals surface area contributed by atoms with Crippen molar-refractivity contribution in [2.45, 2.75) is 64.2 Å². The van der Waals surface area contributed by atoms with E-state index in [1.165, 1.54) is 76.6 Å². The van der Waals surface area contributed by atoms with Gasteiger partial charge >= 0.3 is 0 Å². The summed E-state index contributed by atoms with van der Waals surface area (Å²) in [4.78, 5) is 9.56. The predicted molar refractivity (Wildman–Crippen MR) is 127 cm³/mol. The predicted octanol–water partition coefficient (Wildman–Crippen LogP) is 6.05. The number of piperazine rings is 1. The van der Waals surface area contributed by atoms with Gasteiger partial charge in [0.1, 0.15) is 5.82 Å². The first kappa shape index (κ1) is 21.4. The molecule has 1 aliphatic heterocycles. The fraction of sp³-hybridized carbons (Fsp3) is 0.593. The zero-order chi connectivity index (χ0) is 20.6. The minimum Gasteiger partial charge on any atom is -0.354 e. The highest BCUT2D eigenvalue weighted by Crippen LogP contribution is 2.38. The van der Waals surface area contributed by atoms with Crippen molar-refractivity contribution < 1.29 is 0 Å². The van der Waals surface area contributed by atoms with Crippen molar-refractivity contribution in [3.8, 4) is 0 Å². The highest BCUT2D eigenvalue weighted by molar-refractivity contribution is 5.38. The van der Waals surface area contributed by atoms with Crippen molar-refractivity contribution in [3.05, 3.63) is 59.8 Å². The lowest BCUT2D eigenvalue weighted by atomic mass is 9.76. The van der Waals surface area contributed by atoms with E-state index < -0.39 is 0 Å². The van der Waals surface area contributed by atoms with Gasteiger partial charge in [0.25, 0.3) is 0 Å². The van der Waals surface area contributed by atoms with E-state index in [9.17, 15) is 0 Å². The third-order valence-electron chi connectivity index (χ3n) is 7.41. The van der Waals surface area contributed by atoms with Gasteiger partial charge in [-0.15, -0.1) is 0 Å². The molecule has 0 atom stereocenters. The van der Waals surface area contributed by atoms with Crippen molar-refractivity contribution in [3.63, 3.8) is 0 Å². The van der Waals surface area contributed by atoms with Crippen molar-refractivity contribution in [2.24, 2.45) is 5.92 Å². The molecule has 0 bridgehead atoms. The normalized spacial score (nSPS) is 22.9. The van der Waals surface area contributed by atoms with E-state index in [0.29, 0.717) is 0 Å². The summed E-state index contributed by atoms with van der Waals surface area (Å²) in [5, 5.41) is 0. The van der Waals surface area contributed by atoms with E-state index in [2.05, 4.69) is 58.1 Å². The Bertz CT molecular complexity index is 744. The zero-order valence-electron chi connectivity index (χ0n) is 18.8. The molecule has 1 saturated carbocycles. The molecule has 2 heterocycles. The van der Waals surface area contributed by atoms with Crippen LogP contribution >= 0.6 is 0 Å². The summed E-state index contributed by atoms with van der Waals surface area (Å²) in [6, 6.07) is 15.2. The molecule has 2 fully saturated rings. The summed E-state index contributed by atoms with van der Waals surface area (Å²) in [6.07, 6.45) is 13.2. The molecule has 0 unspecified atom stereocenters. The average molecular weight is 406 g/mol. The number of hydrogen-bond donors (Lipinski definition) is 0. The maximum Gasteiger partial charge on any atom is 0.128 e. The van der Waals surface area contributed by atoms with Gasteiger partial charge in [-0.3, -0.25) is 4.90 Å². The molecule has 162 valence electrons. The van der Waals surface area contributed by atoms with Gasteiger partial charge in [0, 0.05) is 32.4 Å². The Morgan fingerprint density at radius 3 is 2.33 bits per heavy atom. The maximum absolute atomic E-state index is 4.49. The Balaban J connectivity index is 1.06. The molecule has 0 radical (unpaired) electrons. The SMILES string of the molecule is Cc1ccccc1C1CCC(CCCCCN2CCN(c3ccccn3)CC2)CC1. The second-order valence-corrected chi connectivity index (χ2v) is 9.44. The Kier molecular flexibility index (Phi) is 7.80. The topological polar surface area (TPSA) is 19.4 Å². The van der Waals surface area contributed by atoms with Crippen LogP contribution in [0.2, 0.25) is 0 Å². The number of anilines is 1. The molecule has 3 heteroatoms. The average Bonchev–Trinajstić information content (AvgIpc) is 2.81. The standard InChI is InChI=1S/C27H39N3/c1-23-9-4-5-11-26(23)25-15-13-24(14-16-25)10-3-2-8-18-29-19-21-30(22-20-29)27-12-6-7-17-28-27/h4-7,9,11-12,17,24-25H,2-3,8,10,13-16,18-22H2,1H3. The van der Waals surface area contributed by atoms with E-state index >= 15 is 0 Å². The molecule has 1 aromatic carbocycles. The molecule has 0 spiro atoms. The van der Waals surface area contributed by atoms with Gasteiger partial charge in [0.05, 0.1) is 0 Å².